The van der Waals surface area contributed by atoms with Crippen molar-refractivity contribution < 1.29 is 36.6 Å². The van der Waals surface area contributed by atoms with Gasteiger partial charge in [0.05, 0.1) is 17.9 Å². The van der Waals surface area contributed by atoms with Crippen LogP contribution < -0.4 is 0 Å². The monoisotopic (exact) mass is 648 g/mol. The van der Waals surface area contributed by atoms with Gasteiger partial charge in [-0.25, -0.2) is 0 Å². The molecule has 0 amide bonds. The van der Waals surface area contributed by atoms with Crippen LogP contribution >= 0.6 is 63.7 Å². The smallest absolute Gasteiger partial charge is 0.411 e. The number of halogens is 10. The predicted molar refractivity (Wildman–Crippen MR) is 99.9 cm³/mol. The summed E-state index contributed by atoms with van der Waals surface area (Å²) in [6, 6.07) is 2.93. The van der Waals surface area contributed by atoms with E-state index in [1.165, 1.54) is 0 Å². The molecule has 0 unspecified atom stereocenters. The maximum absolute atomic E-state index is 14.1. The molecule has 0 saturated carbocycles. The van der Waals surface area contributed by atoms with Crippen molar-refractivity contribution in [3.8, 4) is 11.5 Å². The second-order valence-electron chi connectivity index (χ2n) is 5.26. The Balaban J connectivity index is 3.13. The van der Waals surface area contributed by atoms with Crippen LogP contribution in [0.3, 0.4) is 0 Å². The molecule has 2 rings (SSSR count). The van der Waals surface area contributed by atoms with Gasteiger partial charge in [-0.15, -0.1) is 0 Å². The van der Waals surface area contributed by atoms with E-state index in [2.05, 4.69) is 63.7 Å². The minimum absolute atomic E-state index is 0.103. The predicted octanol–water partition coefficient (Wildman–Crippen LogP) is 7.56. The average Bonchev–Trinajstić information content (AvgIpc) is 2.52. The van der Waals surface area contributed by atoms with Crippen molar-refractivity contribution in [2.45, 2.75) is 17.8 Å². The molecule has 0 saturated heterocycles. The van der Waals surface area contributed by atoms with Gasteiger partial charge in [-0.05, 0) is 87.0 Å². The van der Waals surface area contributed by atoms with Gasteiger partial charge in [0.2, 0.25) is 5.41 Å². The lowest BCUT2D eigenvalue weighted by Crippen LogP contribution is -2.55. The van der Waals surface area contributed by atoms with Gasteiger partial charge in [-0.1, -0.05) is 12.1 Å². The van der Waals surface area contributed by atoms with Crippen LogP contribution in [0.1, 0.15) is 11.1 Å². The molecule has 2 aromatic rings. The summed E-state index contributed by atoms with van der Waals surface area (Å²) in [7, 11) is 0. The lowest BCUT2D eigenvalue weighted by molar-refractivity contribution is -0.289. The van der Waals surface area contributed by atoms with Gasteiger partial charge in [-0.3, -0.25) is 0 Å². The van der Waals surface area contributed by atoms with Crippen LogP contribution in [-0.4, -0.2) is 22.6 Å². The first-order valence-corrected chi connectivity index (χ1v) is 9.83. The minimum Gasteiger partial charge on any atom is -0.506 e. The fourth-order valence-corrected chi connectivity index (χ4v) is 5.06. The molecule has 0 aliphatic heterocycles. The Hall–Kier alpha value is -0.460. The zero-order chi connectivity index (χ0) is 20.9. The standard InChI is InChI=1S/C15H6Br4F6O2/c16-7-3-1-5(9(18)11(7)26)13(14(20,21)22,15(23,24)25)6-2-4-8(17)12(27)10(6)19/h1-4,26-27H. The van der Waals surface area contributed by atoms with Crippen molar-refractivity contribution in [2.75, 3.05) is 0 Å². The SMILES string of the molecule is Oc1c(Br)ccc(C(c2ccc(Br)c(O)c2Br)(C(F)(F)F)C(F)(F)F)c1Br. The summed E-state index contributed by atoms with van der Waals surface area (Å²) in [5, 5.41) is 19.8. The van der Waals surface area contributed by atoms with Gasteiger partial charge in [0.1, 0.15) is 11.5 Å². The molecule has 0 atom stereocenters. The second kappa shape index (κ2) is 7.42. The Morgan fingerprint density at radius 2 is 0.889 bits per heavy atom. The molecule has 0 radical (unpaired) electrons. The van der Waals surface area contributed by atoms with E-state index in [1.807, 2.05) is 0 Å². The van der Waals surface area contributed by atoms with Crippen molar-refractivity contribution in [1.29, 1.82) is 0 Å². The van der Waals surface area contributed by atoms with Crippen LogP contribution in [-0.2, 0) is 5.41 Å². The Kier molecular flexibility index (Phi) is 6.27. The molecule has 0 bridgehead atoms. The zero-order valence-corrected chi connectivity index (χ0v) is 18.8. The minimum atomic E-state index is -5.88. The maximum atomic E-state index is 14.1. The number of benzene rings is 2. The van der Waals surface area contributed by atoms with E-state index in [4.69, 9.17) is 0 Å². The number of hydrogen-bond donors (Lipinski definition) is 2. The number of phenols is 2. The van der Waals surface area contributed by atoms with E-state index in [-0.39, 0.29) is 8.95 Å². The molecule has 148 valence electrons. The number of rotatable bonds is 2. The average molecular weight is 652 g/mol. The highest BCUT2D eigenvalue weighted by atomic mass is 79.9. The third-order valence-corrected chi connectivity index (χ3v) is 6.68. The van der Waals surface area contributed by atoms with Crippen molar-refractivity contribution in [1.82, 2.24) is 0 Å². The fourth-order valence-electron chi connectivity index (χ4n) is 2.58. The first kappa shape index (κ1) is 22.8. The molecule has 0 aliphatic carbocycles. The molecule has 2 aromatic carbocycles. The molecule has 27 heavy (non-hydrogen) atoms. The van der Waals surface area contributed by atoms with E-state index in [1.54, 1.807) is 0 Å². The van der Waals surface area contributed by atoms with Gasteiger partial charge in [0.25, 0.3) is 0 Å². The van der Waals surface area contributed by atoms with Crippen molar-refractivity contribution >= 4 is 63.7 Å². The molecule has 0 aromatic heterocycles. The van der Waals surface area contributed by atoms with Crippen LogP contribution in [0.15, 0.2) is 42.2 Å². The largest absolute Gasteiger partial charge is 0.506 e. The maximum Gasteiger partial charge on any atom is 0.411 e. The summed E-state index contributed by atoms with van der Waals surface area (Å²) in [5.74, 6) is -1.66. The van der Waals surface area contributed by atoms with Crippen LogP contribution in [0, 0.1) is 0 Å². The van der Waals surface area contributed by atoms with Crippen LogP contribution in [0.4, 0.5) is 26.3 Å². The van der Waals surface area contributed by atoms with E-state index >= 15 is 0 Å². The first-order valence-electron chi connectivity index (χ1n) is 6.66. The molecular weight excluding hydrogens is 646 g/mol. The number of alkyl halides is 6. The normalized spacial score (nSPS) is 13.1. The molecular formula is C15H6Br4F6O2. The lowest BCUT2D eigenvalue weighted by atomic mass is 9.72. The van der Waals surface area contributed by atoms with Crippen molar-refractivity contribution in [3.05, 3.63) is 53.3 Å². The summed E-state index contributed by atoms with van der Waals surface area (Å²) in [5.41, 5.74) is -7.12. The van der Waals surface area contributed by atoms with Gasteiger partial charge >= 0.3 is 12.4 Å². The molecule has 0 fully saturated rings. The Bertz CT molecular complexity index is 822. The fraction of sp³-hybridized carbons (Fsp3) is 0.200. The molecule has 0 aliphatic rings. The molecule has 2 N–H and O–H groups in total. The number of aromatic hydroxyl groups is 2. The zero-order valence-electron chi connectivity index (χ0n) is 12.5. The van der Waals surface area contributed by atoms with Crippen LogP contribution in [0.5, 0.6) is 11.5 Å². The highest BCUT2D eigenvalue weighted by Crippen LogP contribution is 2.61. The van der Waals surface area contributed by atoms with E-state index in [0.29, 0.717) is 12.1 Å². The summed E-state index contributed by atoms with van der Waals surface area (Å²) in [4.78, 5) is 0. The number of hydrogen-bond acceptors (Lipinski definition) is 2. The van der Waals surface area contributed by atoms with Crippen LogP contribution in [0.25, 0.3) is 0 Å². The topological polar surface area (TPSA) is 40.5 Å². The second-order valence-corrected chi connectivity index (χ2v) is 8.56. The van der Waals surface area contributed by atoms with Crippen molar-refractivity contribution in [3.63, 3.8) is 0 Å². The summed E-state index contributed by atoms with van der Waals surface area (Å²) in [6.45, 7) is 0. The van der Waals surface area contributed by atoms with Gasteiger partial charge in [-0.2, -0.15) is 26.3 Å². The van der Waals surface area contributed by atoms with E-state index in [0.717, 1.165) is 12.1 Å². The molecule has 2 nitrogen and oxygen atoms in total. The third kappa shape index (κ3) is 3.51. The summed E-state index contributed by atoms with van der Waals surface area (Å²) < 4.78 is 82.9. The first-order chi connectivity index (χ1) is 12.2. The highest BCUT2D eigenvalue weighted by molar-refractivity contribution is 9.11. The highest BCUT2D eigenvalue weighted by Gasteiger charge is 2.74. The van der Waals surface area contributed by atoms with Crippen molar-refractivity contribution in [2.24, 2.45) is 0 Å². The van der Waals surface area contributed by atoms with Gasteiger partial charge in [0, 0.05) is 0 Å². The Morgan fingerprint density at radius 3 is 1.15 bits per heavy atom. The Labute approximate surface area is 182 Å². The van der Waals surface area contributed by atoms with E-state index in [9.17, 15) is 36.6 Å². The molecule has 0 spiro atoms. The lowest BCUT2D eigenvalue weighted by Gasteiger charge is -2.39. The number of phenolic OH excluding ortho intramolecular Hbond substituents is 2. The summed E-state index contributed by atoms with van der Waals surface area (Å²) in [6.07, 6.45) is -11.8. The van der Waals surface area contributed by atoms with Gasteiger partial charge < -0.3 is 10.2 Å². The summed E-state index contributed by atoms with van der Waals surface area (Å²) >= 11 is 11.0. The van der Waals surface area contributed by atoms with Crippen LogP contribution in [0.2, 0.25) is 0 Å². The molecule has 0 heterocycles. The quantitative estimate of drug-likeness (QED) is 0.329. The van der Waals surface area contributed by atoms with Gasteiger partial charge in [0.15, 0.2) is 0 Å². The Morgan fingerprint density at radius 1 is 0.593 bits per heavy atom. The van der Waals surface area contributed by atoms with E-state index < -0.39 is 49.3 Å². The molecule has 12 heteroatoms. The third-order valence-electron chi connectivity index (χ3n) is 3.79.